The fraction of sp³-hybridized carbons (Fsp3) is 0.160. The molecule has 0 spiro atoms. The van der Waals surface area contributed by atoms with Gasteiger partial charge < -0.3 is 9.15 Å². The van der Waals surface area contributed by atoms with Crippen LogP contribution in [0.4, 0.5) is 0 Å². The van der Waals surface area contributed by atoms with Crippen LogP contribution in [-0.4, -0.2) is 20.8 Å². The SMILES string of the molecule is Cc1ccc2c(-c3ccccc3)c(S(=O)(=O)CC3COc4ccc(Cl)cc43)c(=O)oc2c1. The maximum absolute atomic E-state index is 13.7. The van der Waals surface area contributed by atoms with Gasteiger partial charge in [0.2, 0.25) is 0 Å². The van der Waals surface area contributed by atoms with Crippen molar-refractivity contribution in [3.05, 3.63) is 93.3 Å². The molecule has 5 rings (SSSR count). The Kier molecular flexibility index (Phi) is 5.07. The average molecular weight is 467 g/mol. The second-order valence-corrected chi connectivity index (χ2v) is 10.3. The van der Waals surface area contributed by atoms with E-state index >= 15 is 0 Å². The third-order valence-corrected chi connectivity index (χ3v) is 7.74. The summed E-state index contributed by atoms with van der Waals surface area (Å²) in [5.74, 6) is -0.119. The molecule has 0 saturated heterocycles. The Bertz CT molecular complexity index is 1510. The Morgan fingerprint density at radius 3 is 2.59 bits per heavy atom. The van der Waals surface area contributed by atoms with Crippen molar-refractivity contribution < 1.29 is 17.6 Å². The molecule has 32 heavy (non-hydrogen) atoms. The van der Waals surface area contributed by atoms with Crippen molar-refractivity contribution in [2.75, 3.05) is 12.4 Å². The molecular weight excluding hydrogens is 448 g/mol. The van der Waals surface area contributed by atoms with Gasteiger partial charge in [0.05, 0.1) is 12.4 Å². The summed E-state index contributed by atoms with van der Waals surface area (Å²) in [5.41, 5.74) is 2.12. The molecule has 1 aliphatic rings. The zero-order valence-corrected chi connectivity index (χ0v) is 18.7. The first-order chi connectivity index (χ1) is 15.3. The quantitative estimate of drug-likeness (QED) is 0.378. The Morgan fingerprint density at radius 2 is 1.81 bits per heavy atom. The normalized spacial score (nSPS) is 15.5. The summed E-state index contributed by atoms with van der Waals surface area (Å²) in [5, 5.41) is 1.08. The summed E-state index contributed by atoms with van der Waals surface area (Å²) >= 11 is 6.12. The number of rotatable bonds is 4. The summed E-state index contributed by atoms with van der Waals surface area (Å²) in [6.45, 7) is 2.09. The van der Waals surface area contributed by atoms with Crippen LogP contribution in [0.1, 0.15) is 17.0 Å². The molecule has 162 valence electrons. The summed E-state index contributed by atoms with van der Waals surface area (Å²) in [6, 6.07) is 19.6. The topological polar surface area (TPSA) is 73.6 Å². The van der Waals surface area contributed by atoms with Gasteiger partial charge in [-0.25, -0.2) is 13.2 Å². The Labute approximate surface area is 190 Å². The molecular formula is C25H19ClO5S. The fourth-order valence-electron chi connectivity index (χ4n) is 4.20. The van der Waals surface area contributed by atoms with Crippen LogP contribution in [0.25, 0.3) is 22.1 Å². The first kappa shape index (κ1) is 20.8. The van der Waals surface area contributed by atoms with E-state index in [-0.39, 0.29) is 17.3 Å². The number of ether oxygens (including phenoxy) is 1. The smallest absolute Gasteiger partial charge is 0.355 e. The van der Waals surface area contributed by atoms with Gasteiger partial charge >= 0.3 is 5.63 Å². The highest BCUT2D eigenvalue weighted by Crippen LogP contribution is 2.39. The number of aryl methyl sites for hydroxylation is 1. The molecule has 0 N–H and O–H groups in total. The molecule has 1 unspecified atom stereocenters. The average Bonchev–Trinajstić information content (AvgIpc) is 3.14. The molecule has 1 aliphatic heterocycles. The number of hydrogen-bond acceptors (Lipinski definition) is 5. The Hall–Kier alpha value is -3.09. The summed E-state index contributed by atoms with van der Waals surface area (Å²) in [4.78, 5) is 12.7. The molecule has 2 heterocycles. The van der Waals surface area contributed by atoms with E-state index in [0.29, 0.717) is 32.9 Å². The minimum Gasteiger partial charge on any atom is -0.493 e. The van der Waals surface area contributed by atoms with Crippen molar-refractivity contribution in [3.8, 4) is 16.9 Å². The monoisotopic (exact) mass is 466 g/mol. The molecule has 0 radical (unpaired) electrons. The zero-order valence-electron chi connectivity index (χ0n) is 17.2. The van der Waals surface area contributed by atoms with Gasteiger partial charge in [-0.05, 0) is 42.3 Å². The van der Waals surface area contributed by atoms with Crippen LogP contribution in [0.3, 0.4) is 0 Å². The van der Waals surface area contributed by atoms with Crippen LogP contribution >= 0.6 is 11.6 Å². The van der Waals surface area contributed by atoms with Crippen molar-refractivity contribution in [1.82, 2.24) is 0 Å². The van der Waals surface area contributed by atoms with Crippen LogP contribution in [-0.2, 0) is 9.84 Å². The molecule has 0 saturated carbocycles. The van der Waals surface area contributed by atoms with E-state index in [4.69, 9.17) is 20.8 Å². The highest BCUT2D eigenvalue weighted by atomic mass is 35.5. The van der Waals surface area contributed by atoms with Crippen molar-refractivity contribution in [2.45, 2.75) is 17.7 Å². The molecule has 7 heteroatoms. The Morgan fingerprint density at radius 1 is 1.03 bits per heavy atom. The first-order valence-electron chi connectivity index (χ1n) is 10.1. The van der Waals surface area contributed by atoms with E-state index in [0.717, 1.165) is 11.1 Å². The molecule has 1 aromatic heterocycles. The van der Waals surface area contributed by atoms with Crippen LogP contribution in [0.5, 0.6) is 5.75 Å². The molecule has 0 fully saturated rings. The van der Waals surface area contributed by atoms with Crippen molar-refractivity contribution in [1.29, 1.82) is 0 Å². The molecule has 0 aliphatic carbocycles. The molecule has 0 amide bonds. The van der Waals surface area contributed by atoms with Crippen LogP contribution in [0.15, 0.2) is 80.8 Å². The number of hydrogen-bond donors (Lipinski definition) is 0. The summed E-state index contributed by atoms with van der Waals surface area (Å²) in [6.07, 6.45) is 0. The predicted octanol–water partition coefficient (Wildman–Crippen LogP) is 5.37. The molecule has 4 aromatic rings. The fourth-order valence-corrected chi connectivity index (χ4v) is 6.19. The Balaban J connectivity index is 1.71. The highest BCUT2D eigenvalue weighted by Gasteiger charge is 2.34. The van der Waals surface area contributed by atoms with E-state index in [9.17, 15) is 13.2 Å². The van der Waals surface area contributed by atoms with Gasteiger partial charge in [0.25, 0.3) is 0 Å². The van der Waals surface area contributed by atoms with Gasteiger partial charge in [-0.3, -0.25) is 0 Å². The second kappa shape index (κ2) is 7.80. The lowest BCUT2D eigenvalue weighted by Gasteiger charge is -2.15. The second-order valence-electron chi connectivity index (χ2n) is 7.93. The third kappa shape index (κ3) is 3.59. The number of sulfone groups is 1. The number of fused-ring (bicyclic) bond motifs is 2. The minimum atomic E-state index is -4.04. The maximum atomic E-state index is 13.7. The van der Waals surface area contributed by atoms with E-state index in [2.05, 4.69) is 0 Å². The highest BCUT2D eigenvalue weighted by molar-refractivity contribution is 7.91. The summed E-state index contributed by atoms with van der Waals surface area (Å²) < 4.78 is 38.5. The molecule has 0 bridgehead atoms. The summed E-state index contributed by atoms with van der Waals surface area (Å²) in [7, 11) is -4.04. The van der Waals surface area contributed by atoms with Crippen LogP contribution in [0, 0.1) is 6.92 Å². The van der Waals surface area contributed by atoms with E-state index in [1.165, 1.54) is 0 Å². The lowest BCUT2D eigenvalue weighted by Crippen LogP contribution is -2.23. The van der Waals surface area contributed by atoms with Gasteiger partial charge in [-0.2, -0.15) is 0 Å². The van der Waals surface area contributed by atoms with Gasteiger partial charge in [0, 0.05) is 27.5 Å². The number of halogens is 1. The lowest BCUT2D eigenvalue weighted by molar-refractivity contribution is 0.337. The van der Waals surface area contributed by atoms with Crippen molar-refractivity contribution in [3.63, 3.8) is 0 Å². The van der Waals surface area contributed by atoms with Gasteiger partial charge in [-0.1, -0.05) is 54.1 Å². The first-order valence-corrected chi connectivity index (χ1v) is 12.1. The van der Waals surface area contributed by atoms with Crippen molar-refractivity contribution >= 4 is 32.4 Å². The molecule has 1 atom stereocenters. The standard InChI is InChI=1S/C25H19ClO5S/c1-15-7-9-19-22(11-15)31-25(27)24(23(19)16-5-3-2-4-6-16)32(28,29)14-17-13-30-21-10-8-18(26)12-20(17)21/h2-12,17H,13-14H2,1H3. The largest absolute Gasteiger partial charge is 0.493 e. The predicted molar refractivity (Wildman–Crippen MR) is 124 cm³/mol. The van der Waals surface area contributed by atoms with E-state index < -0.39 is 21.4 Å². The molecule has 3 aromatic carbocycles. The minimum absolute atomic E-state index is 0.202. The van der Waals surface area contributed by atoms with Gasteiger partial charge in [-0.15, -0.1) is 0 Å². The van der Waals surface area contributed by atoms with E-state index in [1.54, 1.807) is 42.5 Å². The van der Waals surface area contributed by atoms with Gasteiger partial charge in [0.15, 0.2) is 14.7 Å². The van der Waals surface area contributed by atoms with E-state index in [1.807, 2.05) is 31.2 Å². The zero-order chi connectivity index (χ0) is 22.5. The van der Waals surface area contributed by atoms with Gasteiger partial charge in [0.1, 0.15) is 11.3 Å². The maximum Gasteiger partial charge on any atom is 0.355 e. The molecule has 5 nitrogen and oxygen atoms in total. The van der Waals surface area contributed by atoms with Crippen LogP contribution in [0.2, 0.25) is 5.02 Å². The third-order valence-electron chi connectivity index (χ3n) is 5.67. The van der Waals surface area contributed by atoms with Crippen LogP contribution < -0.4 is 10.4 Å². The van der Waals surface area contributed by atoms with Crippen molar-refractivity contribution in [2.24, 2.45) is 0 Å². The number of benzene rings is 3. The lowest BCUT2D eigenvalue weighted by atomic mass is 10.0.